The number of nitrogens with two attached hydrogens (primary N) is 1. The molecule has 2 aromatic heterocycles. The van der Waals surface area contributed by atoms with Gasteiger partial charge in [0.25, 0.3) is 5.91 Å². The summed E-state index contributed by atoms with van der Waals surface area (Å²) >= 11 is 0. The number of alkyl halides is 3. The van der Waals surface area contributed by atoms with Crippen LogP contribution in [0.3, 0.4) is 0 Å². The van der Waals surface area contributed by atoms with E-state index in [2.05, 4.69) is 10.3 Å². The molecule has 1 fully saturated rings. The predicted molar refractivity (Wildman–Crippen MR) is 120 cm³/mol. The molecule has 1 aliphatic heterocycles. The van der Waals surface area contributed by atoms with Crippen molar-refractivity contribution in [2.45, 2.75) is 25.9 Å². The van der Waals surface area contributed by atoms with Gasteiger partial charge in [-0.1, -0.05) is 6.92 Å². The summed E-state index contributed by atoms with van der Waals surface area (Å²) in [5.41, 5.74) is 5.08. The number of hydrogen-bond donors (Lipinski definition) is 2. The zero-order valence-electron chi connectivity index (χ0n) is 18.4. The molecule has 0 atom stereocenters. The summed E-state index contributed by atoms with van der Waals surface area (Å²) in [7, 11) is 0. The Kier molecular flexibility index (Phi) is 6.07. The van der Waals surface area contributed by atoms with Gasteiger partial charge in [-0.3, -0.25) is 14.6 Å². The number of primary amides is 1. The second-order valence-electron chi connectivity index (χ2n) is 8.50. The lowest BCUT2D eigenvalue weighted by atomic mass is 9.79. The molecule has 1 aromatic carbocycles. The molecule has 178 valence electrons. The van der Waals surface area contributed by atoms with E-state index in [9.17, 15) is 22.8 Å². The van der Waals surface area contributed by atoms with Crippen molar-refractivity contribution >= 4 is 23.2 Å². The highest BCUT2D eigenvalue weighted by molar-refractivity contribution is 6.04. The van der Waals surface area contributed by atoms with Gasteiger partial charge in [0.05, 0.1) is 16.9 Å². The maximum atomic E-state index is 13.4. The zero-order valence-corrected chi connectivity index (χ0v) is 18.4. The van der Waals surface area contributed by atoms with Gasteiger partial charge < -0.3 is 20.4 Å². The van der Waals surface area contributed by atoms with Crippen LogP contribution in [0.5, 0.6) is 0 Å². The van der Waals surface area contributed by atoms with Crippen molar-refractivity contribution in [3.63, 3.8) is 0 Å². The van der Waals surface area contributed by atoms with Crippen LogP contribution in [-0.2, 0) is 11.0 Å². The standard InChI is InChI=1S/C24H23F3N4O3/c1-23(22(28)33)8-12-31(13-9-23)18-3-2-16(24(25,26)27)14-17(18)30-21(32)20-5-4-19(34-20)15-6-10-29-11-7-15/h2-7,10-11,14H,8-9,12-13H2,1H3,(H2,28,33)(H,30,32). The Hall–Kier alpha value is -3.82. The Morgan fingerprint density at radius 3 is 2.38 bits per heavy atom. The Morgan fingerprint density at radius 2 is 1.76 bits per heavy atom. The summed E-state index contributed by atoms with van der Waals surface area (Å²) in [6.07, 6.45) is -0.527. The predicted octanol–water partition coefficient (Wildman–Crippen LogP) is 4.70. The molecule has 0 aliphatic carbocycles. The van der Waals surface area contributed by atoms with Crippen LogP contribution < -0.4 is 16.0 Å². The van der Waals surface area contributed by atoms with Crippen molar-refractivity contribution in [1.82, 2.24) is 4.98 Å². The average molecular weight is 472 g/mol. The first-order valence-corrected chi connectivity index (χ1v) is 10.6. The number of carbonyl (C=O) groups is 2. The van der Waals surface area contributed by atoms with Gasteiger partial charge in [-0.05, 0) is 55.3 Å². The molecule has 10 heteroatoms. The number of halogens is 3. The first-order chi connectivity index (χ1) is 16.1. The largest absolute Gasteiger partial charge is 0.451 e. The quantitative estimate of drug-likeness (QED) is 0.560. The topological polar surface area (TPSA) is 101 Å². The number of furan rings is 1. The van der Waals surface area contributed by atoms with Gasteiger partial charge in [0.15, 0.2) is 5.76 Å². The van der Waals surface area contributed by atoms with Crippen LogP contribution in [0.2, 0.25) is 0 Å². The van der Waals surface area contributed by atoms with Crippen molar-refractivity contribution in [2.75, 3.05) is 23.3 Å². The molecule has 1 saturated heterocycles. The summed E-state index contributed by atoms with van der Waals surface area (Å²) in [5.74, 6) is -0.704. The highest BCUT2D eigenvalue weighted by Crippen LogP contribution is 2.39. The lowest BCUT2D eigenvalue weighted by molar-refractivity contribution is -0.137. The van der Waals surface area contributed by atoms with E-state index in [1.54, 1.807) is 37.5 Å². The van der Waals surface area contributed by atoms with Gasteiger partial charge in [-0.2, -0.15) is 13.2 Å². The lowest BCUT2D eigenvalue weighted by Crippen LogP contribution is -2.45. The van der Waals surface area contributed by atoms with Crippen molar-refractivity contribution < 1.29 is 27.2 Å². The van der Waals surface area contributed by atoms with Gasteiger partial charge in [0.2, 0.25) is 5.91 Å². The van der Waals surface area contributed by atoms with E-state index in [1.807, 2.05) is 4.90 Å². The fourth-order valence-electron chi connectivity index (χ4n) is 3.89. The smallest absolute Gasteiger partial charge is 0.416 e. The molecular weight excluding hydrogens is 449 g/mol. The third-order valence-corrected chi connectivity index (χ3v) is 6.17. The maximum absolute atomic E-state index is 13.4. The molecule has 3 heterocycles. The van der Waals surface area contributed by atoms with Crippen molar-refractivity contribution in [2.24, 2.45) is 11.1 Å². The van der Waals surface area contributed by atoms with Crippen LogP contribution >= 0.6 is 0 Å². The number of benzene rings is 1. The van der Waals surface area contributed by atoms with E-state index in [-0.39, 0.29) is 11.4 Å². The number of carbonyl (C=O) groups excluding carboxylic acids is 2. The molecule has 34 heavy (non-hydrogen) atoms. The second-order valence-corrected chi connectivity index (χ2v) is 8.50. The average Bonchev–Trinajstić information content (AvgIpc) is 3.30. The Morgan fingerprint density at radius 1 is 1.09 bits per heavy atom. The number of hydrogen-bond acceptors (Lipinski definition) is 5. The summed E-state index contributed by atoms with van der Waals surface area (Å²) in [5, 5.41) is 2.57. The minimum atomic E-state index is -4.58. The van der Waals surface area contributed by atoms with E-state index in [0.29, 0.717) is 42.9 Å². The van der Waals surface area contributed by atoms with Crippen LogP contribution in [-0.4, -0.2) is 29.9 Å². The van der Waals surface area contributed by atoms with Gasteiger partial charge in [-0.25, -0.2) is 0 Å². The fourth-order valence-corrected chi connectivity index (χ4v) is 3.89. The monoisotopic (exact) mass is 472 g/mol. The van der Waals surface area contributed by atoms with Crippen LogP contribution in [0.4, 0.5) is 24.5 Å². The molecule has 7 nitrogen and oxygen atoms in total. The number of pyridine rings is 1. The molecular formula is C24H23F3N4O3. The van der Waals surface area contributed by atoms with Gasteiger partial charge >= 0.3 is 6.18 Å². The van der Waals surface area contributed by atoms with Gasteiger partial charge in [-0.15, -0.1) is 0 Å². The number of nitrogens with one attached hydrogen (secondary N) is 1. The van der Waals surface area contributed by atoms with Gasteiger partial charge in [0.1, 0.15) is 5.76 Å². The number of amides is 2. The first kappa shape index (κ1) is 23.3. The van der Waals surface area contributed by atoms with Crippen LogP contribution in [0.1, 0.15) is 35.9 Å². The van der Waals surface area contributed by atoms with Crippen molar-refractivity contribution in [1.29, 1.82) is 0 Å². The molecule has 3 aromatic rings. The molecule has 0 unspecified atom stereocenters. The third kappa shape index (κ3) is 4.75. The van der Waals surface area contributed by atoms with E-state index in [1.165, 1.54) is 12.1 Å². The molecule has 3 N–H and O–H groups in total. The summed E-state index contributed by atoms with van der Waals surface area (Å²) in [4.78, 5) is 30.4. The molecule has 0 saturated carbocycles. The molecule has 0 radical (unpaired) electrons. The number of anilines is 2. The Labute approximate surface area is 193 Å². The Bertz CT molecular complexity index is 1200. The molecule has 2 amide bonds. The first-order valence-electron chi connectivity index (χ1n) is 10.6. The summed E-state index contributed by atoms with van der Waals surface area (Å²) < 4.78 is 45.8. The molecule has 0 spiro atoms. The van der Waals surface area contributed by atoms with Crippen LogP contribution in [0.25, 0.3) is 11.3 Å². The minimum Gasteiger partial charge on any atom is -0.451 e. The van der Waals surface area contributed by atoms with Gasteiger partial charge in [0, 0.05) is 36.5 Å². The minimum absolute atomic E-state index is 0.00404. The number of nitrogens with zero attached hydrogens (tertiary/aromatic N) is 2. The van der Waals surface area contributed by atoms with E-state index in [4.69, 9.17) is 10.2 Å². The fraction of sp³-hybridized carbons (Fsp3) is 0.292. The van der Waals surface area contributed by atoms with Crippen LogP contribution in [0.15, 0.2) is 59.3 Å². The number of rotatable bonds is 5. The lowest BCUT2D eigenvalue weighted by Gasteiger charge is -2.39. The second kappa shape index (κ2) is 8.85. The Balaban J connectivity index is 1.60. The highest BCUT2D eigenvalue weighted by Gasteiger charge is 2.37. The molecule has 0 bridgehead atoms. The maximum Gasteiger partial charge on any atom is 0.416 e. The summed E-state index contributed by atoms with van der Waals surface area (Å²) in [6.45, 7) is 2.58. The molecule has 1 aliphatic rings. The van der Waals surface area contributed by atoms with Crippen molar-refractivity contribution in [3.8, 4) is 11.3 Å². The highest BCUT2D eigenvalue weighted by atomic mass is 19.4. The van der Waals surface area contributed by atoms with E-state index < -0.39 is 29.0 Å². The normalized spacial score (nSPS) is 15.7. The molecule has 4 rings (SSSR count). The SMILES string of the molecule is CC1(C(N)=O)CCN(c2ccc(C(F)(F)F)cc2NC(=O)c2ccc(-c3ccncc3)o2)CC1. The van der Waals surface area contributed by atoms with Crippen molar-refractivity contribution in [3.05, 3.63) is 66.2 Å². The zero-order chi connectivity index (χ0) is 24.5. The van der Waals surface area contributed by atoms with E-state index in [0.717, 1.165) is 12.1 Å². The third-order valence-electron chi connectivity index (χ3n) is 6.17. The number of aromatic nitrogens is 1. The summed E-state index contributed by atoms with van der Waals surface area (Å²) in [6, 6.07) is 9.69. The van der Waals surface area contributed by atoms with Crippen LogP contribution in [0, 0.1) is 5.41 Å². The van der Waals surface area contributed by atoms with E-state index >= 15 is 0 Å². The number of piperidine rings is 1.